The molecular formula is C29H26ClN5O3. The molecule has 3 aromatic carbocycles. The second-order valence-electron chi connectivity index (χ2n) is 9.95. The lowest BCUT2D eigenvalue weighted by atomic mass is 9.89. The lowest BCUT2D eigenvalue weighted by molar-refractivity contribution is -0.151. The minimum absolute atomic E-state index is 0.0991. The molecule has 1 aliphatic heterocycles. The van der Waals surface area contributed by atoms with Crippen LogP contribution in [0.2, 0.25) is 5.02 Å². The summed E-state index contributed by atoms with van der Waals surface area (Å²) in [4.78, 5) is 33.2. The SMILES string of the molecule is C[C@H]1CC(C(=O)NCc2cc(Cl)ccc2-n2cncn2)N(C(=O)C2(O)c3ccccc3-c3ccccc32)C1. The highest BCUT2D eigenvalue weighted by Crippen LogP contribution is 2.49. The predicted molar refractivity (Wildman–Crippen MR) is 142 cm³/mol. The van der Waals surface area contributed by atoms with Crippen LogP contribution in [0.1, 0.15) is 30.0 Å². The first-order valence-corrected chi connectivity index (χ1v) is 12.9. The highest BCUT2D eigenvalue weighted by Gasteiger charge is 2.52. The molecule has 2 heterocycles. The molecular weight excluding hydrogens is 502 g/mol. The number of hydrogen-bond donors (Lipinski definition) is 2. The number of nitrogens with zero attached hydrogens (tertiary/aromatic N) is 4. The van der Waals surface area contributed by atoms with E-state index in [4.69, 9.17) is 11.6 Å². The number of amides is 2. The van der Waals surface area contributed by atoms with Crippen molar-refractivity contribution in [3.63, 3.8) is 0 Å². The summed E-state index contributed by atoms with van der Waals surface area (Å²) in [6.07, 6.45) is 3.51. The van der Waals surface area contributed by atoms with Crippen molar-refractivity contribution in [3.05, 3.63) is 101 Å². The average Bonchev–Trinajstić information content (AvgIpc) is 3.66. The predicted octanol–water partition coefficient (Wildman–Crippen LogP) is 3.69. The third-order valence-electron chi connectivity index (χ3n) is 7.47. The van der Waals surface area contributed by atoms with Gasteiger partial charge in [-0.15, -0.1) is 0 Å². The Morgan fingerprint density at radius 2 is 1.76 bits per heavy atom. The molecule has 1 fully saturated rings. The number of carbonyl (C=O) groups is 2. The summed E-state index contributed by atoms with van der Waals surface area (Å²) in [7, 11) is 0. The third-order valence-corrected chi connectivity index (χ3v) is 7.70. The first-order valence-electron chi connectivity index (χ1n) is 12.5. The summed E-state index contributed by atoms with van der Waals surface area (Å²) >= 11 is 6.24. The fourth-order valence-corrected chi connectivity index (χ4v) is 5.92. The van der Waals surface area contributed by atoms with Gasteiger partial charge in [0.2, 0.25) is 5.91 Å². The van der Waals surface area contributed by atoms with Gasteiger partial charge in [-0.3, -0.25) is 9.59 Å². The summed E-state index contributed by atoms with van der Waals surface area (Å²) in [5, 5.41) is 19.7. The zero-order valence-corrected chi connectivity index (χ0v) is 21.5. The van der Waals surface area contributed by atoms with Gasteiger partial charge >= 0.3 is 0 Å². The molecule has 2 amide bonds. The Labute approximate surface area is 224 Å². The van der Waals surface area contributed by atoms with Gasteiger partial charge in [-0.1, -0.05) is 67.1 Å². The van der Waals surface area contributed by atoms with E-state index in [1.54, 1.807) is 35.3 Å². The minimum atomic E-state index is -1.86. The third kappa shape index (κ3) is 3.88. The molecule has 0 spiro atoms. The molecule has 1 unspecified atom stereocenters. The molecule has 1 saturated heterocycles. The summed E-state index contributed by atoms with van der Waals surface area (Å²) in [5.74, 6) is -0.664. The maximum atomic E-state index is 14.1. The molecule has 8 nitrogen and oxygen atoms in total. The fraction of sp³-hybridized carbons (Fsp3) is 0.241. The minimum Gasteiger partial charge on any atom is -0.372 e. The van der Waals surface area contributed by atoms with Gasteiger partial charge in [0.25, 0.3) is 5.91 Å². The van der Waals surface area contributed by atoms with Crippen LogP contribution in [0.3, 0.4) is 0 Å². The van der Waals surface area contributed by atoms with Crippen LogP contribution in [0.5, 0.6) is 0 Å². The topological polar surface area (TPSA) is 100 Å². The maximum Gasteiger partial charge on any atom is 0.264 e. The normalized spacial score (nSPS) is 19.2. The van der Waals surface area contributed by atoms with Crippen molar-refractivity contribution in [3.8, 4) is 16.8 Å². The van der Waals surface area contributed by atoms with Crippen LogP contribution >= 0.6 is 11.6 Å². The van der Waals surface area contributed by atoms with E-state index in [1.807, 2.05) is 49.4 Å². The number of nitrogens with one attached hydrogen (secondary N) is 1. The zero-order valence-electron chi connectivity index (χ0n) is 20.7. The quantitative estimate of drug-likeness (QED) is 0.412. The monoisotopic (exact) mass is 527 g/mol. The number of hydrogen-bond acceptors (Lipinski definition) is 5. The Bertz CT molecular complexity index is 1490. The highest BCUT2D eigenvalue weighted by molar-refractivity contribution is 6.30. The van der Waals surface area contributed by atoms with Crippen molar-refractivity contribution in [2.75, 3.05) is 6.54 Å². The Hall–Kier alpha value is -4.01. The lowest BCUT2D eigenvalue weighted by Gasteiger charge is -2.33. The van der Waals surface area contributed by atoms with E-state index in [1.165, 1.54) is 11.2 Å². The van der Waals surface area contributed by atoms with Crippen LogP contribution in [0.4, 0.5) is 0 Å². The van der Waals surface area contributed by atoms with E-state index in [-0.39, 0.29) is 18.4 Å². The number of aliphatic hydroxyl groups is 1. The second-order valence-corrected chi connectivity index (χ2v) is 10.4. The maximum absolute atomic E-state index is 14.1. The van der Waals surface area contributed by atoms with Crippen molar-refractivity contribution in [2.45, 2.75) is 31.5 Å². The molecule has 1 aliphatic carbocycles. The fourth-order valence-electron chi connectivity index (χ4n) is 5.72. The number of benzene rings is 3. The first-order chi connectivity index (χ1) is 18.4. The first kappa shape index (κ1) is 24.3. The van der Waals surface area contributed by atoms with Crippen LogP contribution in [0, 0.1) is 5.92 Å². The van der Waals surface area contributed by atoms with Crippen LogP contribution in [0.15, 0.2) is 79.4 Å². The Kier molecular flexibility index (Phi) is 6.01. The van der Waals surface area contributed by atoms with Gasteiger partial charge in [0.1, 0.15) is 18.7 Å². The number of carbonyl (C=O) groups excluding carboxylic acids is 2. The van der Waals surface area contributed by atoms with Gasteiger partial charge in [-0.2, -0.15) is 5.10 Å². The number of fused-ring (bicyclic) bond motifs is 3. The largest absolute Gasteiger partial charge is 0.372 e. The number of aromatic nitrogens is 3. The molecule has 192 valence electrons. The van der Waals surface area contributed by atoms with Crippen LogP contribution < -0.4 is 5.32 Å². The number of rotatable bonds is 5. The van der Waals surface area contributed by atoms with E-state index < -0.39 is 17.6 Å². The summed E-state index contributed by atoms with van der Waals surface area (Å²) in [6.45, 7) is 2.58. The van der Waals surface area contributed by atoms with Crippen LogP contribution in [0.25, 0.3) is 16.8 Å². The Morgan fingerprint density at radius 3 is 2.42 bits per heavy atom. The standard InChI is InChI=1S/C29H26ClN5O3/c1-18-12-26(27(36)32-14-19-13-20(30)10-11-25(19)35-17-31-16-33-35)34(15-18)28(37)29(38)23-8-4-2-6-21(23)22-7-3-5-9-24(22)29/h2-11,13,16-18,26,38H,12,14-15H2,1H3,(H,32,36)/t18-,26?/m0/s1. The number of halogens is 1. The second kappa shape index (κ2) is 9.38. The summed E-state index contributed by atoms with van der Waals surface area (Å²) < 4.78 is 1.61. The molecule has 2 atom stereocenters. The van der Waals surface area contributed by atoms with Gasteiger partial charge in [0.05, 0.1) is 5.69 Å². The Balaban J connectivity index is 1.28. The summed E-state index contributed by atoms with van der Waals surface area (Å²) in [6, 6.07) is 19.4. The Morgan fingerprint density at radius 1 is 1.08 bits per heavy atom. The lowest BCUT2D eigenvalue weighted by Crippen LogP contribution is -2.52. The van der Waals surface area contributed by atoms with Crippen molar-refractivity contribution >= 4 is 23.4 Å². The molecule has 2 aliphatic rings. The molecule has 0 radical (unpaired) electrons. The van der Waals surface area contributed by atoms with Gasteiger partial charge in [0, 0.05) is 29.2 Å². The van der Waals surface area contributed by atoms with Crippen molar-refractivity contribution in [1.82, 2.24) is 25.0 Å². The molecule has 1 aromatic heterocycles. The summed E-state index contributed by atoms with van der Waals surface area (Å²) in [5.41, 5.74) is 2.39. The van der Waals surface area contributed by atoms with Crippen molar-refractivity contribution in [1.29, 1.82) is 0 Å². The van der Waals surface area contributed by atoms with Gasteiger partial charge < -0.3 is 15.3 Å². The van der Waals surface area contributed by atoms with Crippen LogP contribution in [-0.2, 0) is 21.7 Å². The van der Waals surface area contributed by atoms with Gasteiger partial charge in [0.15, 0.2) is 5.60 Å². The molecule has 9 heteroatoms. The molecule has 2 N–H and O–H groups in total. The van der Waals surface area contributed by atoms with E-state index in [9.17, 15) is 14.7 Å². The molecule has 6 rings (SSSR count). The van der Waals surface area contributed by atoms with Crippen molar-refractivity contribution < 1.29 is 14.7 Å². The number of likely N-dealkylation sites (tertiary alicyclic amines) is 1. The highest BCUT2D eigenvalue weighted by atomic mass is 35.5. The smallest absolute Gasteiger partial charge is 0.264 e. The van der Waals surface area contributed by atoms with Gasteiger partial charge in [-0.25, -0.2) is 9.67 Å². The molecule has 4 aromatic rings. The molecule has 38 heavy (non-hydrogen) atoms. The van der Waals surface area contributed by atoms with E-state index in [2.05, 4.69) is 15.4 Å². The molecule has 0 saturated carbocycles. The van der Waals surface area contributed by atoms with E-state index >= 15 is 0 Å². The van der Waals surface area contributed by atoms with E-state index in [0.717, 1.165) is 22.4 Å². The molecule has 0 bridgehead atoms. The van der Waals surface area contributed by atoms with Crippen LogP contribution in [-0.4, -0.2) is 49.2 Å². The van der Waals surface area contributed by atoms with Crippen molar-refractivity contribution in [2.24, 2.45) is 5.92 Å². The van der Waals surface area contributed by atoms with Gasteiger partial charge in [-0.05, 0) is 47.2 Å². The average molecular weight is 528 g/mol. The van der Waals surface area contributed by atoms with E-state index in [0.29, 0.717) is 29.1 Å². The zero-order chi connectivity index (χ0) is 26.4.